The number of nitrogens with one attached hydrogen (secondary N) is 4. The molecule has 0 radical (unpaired) electrons. The Morgan fingerprint density at radius 1 is 1.00 bits per heavy atom. The molecule has 0 spiro atoms. The van der Waals surface area contributed by atoms with Crippen LogP contribution in [0.4, 0.5) is 0 Å². The average molecular weight is 354 g/mol. The van der Waals surface area contributed by atoms with Crippen LogP contribution in [0.5, 0.6) is 0 Å². The summed E-state index contributed by atoms with van der Waals surface area (Å²) in [6.07, 6.45) is 5.51. The third-order valence-corrected chi connectivity index (χ3v) is 3.93. The topological polar surface area (TPSA) is 94.6 Å². The molecule has 1 rings (SSSR count). The molecule has 0 atom stereocenters. The number of nitrogens with zero attached hydrogens (tertiary/aromatic N) is 1. The van der Waals surface area contributed by atoms with Crippen molar-refractivity contribution >= 4 is 17.8 Å². The minimum atomic E-state index is -0.262. The predicted octanol–water partition coefficient (Wildman–Crippen LogP) is 1.15. The summed E-state index contributed by atoms with van der Waals surface area (Å²) in [4.78, 5) is 28.0. The fourth-order valence-electron chi connectivity index (χ4n) is 2.88. The van der Waals surface area contributed by atoms with E-state index in [2.05, 4.69) is 26.3 Å². The van der Waals surface area contributed by atoms with E-state index in [1.807, 2.05) is 27.7 Å². The lowest BCUT2D eigenvalue weighted by molar-refractivity contribution is -0.122. The highest BCUT2D eigenvalue weighted by atomic mass is 16.2. The molecule has 1 aliphatic carbocycles. The molecule has 0 saturated heterocycles. The number of guanidine groups is 1. The van der Waals surface area contributed by atoms with Gasteiger partial charge in [-0.1, -0.05) is 12.8 Å². The fourth-order valence-corrected chi connectivity index (χ4v) is 2.88. The zero-order valence-corrected chi connectivity index (χ0v) is 16.2. The van der Waals surface area contributed by atoms with Crippen LogP contribution < -0.4 is 21.3 Å². The van der Waals surface area contributed by atoms with Gasteiger partial charge in [0.05, 0.1) is 0 Å². The molecule has 1 aliphatic rings. The first-order chi connectivity index (χ1) is 11.8. The van der Waals surface area contributed by atoms with Crippen molar-refractivity contribution in [3.8, 4) is 0 Å². The van der Waals surface area contributed by atoms with Crippen molar-refractivity contribution in [3.63, 3.8) is 0 Å². The standard InChI is InChI=1S/C18H35N5O2/c1-5-19-17(22-13-16(25)23-18(2,3)4)21-11-10-20-15(24)12-14-8-6-7-9-14/h14H,5-13H2,1-4H3,(H,20,24)(H,23,25)(H2,19,21,22). The normalized spacial score (nSPS) is 15.8. The van der Waals surface area contributed by atoms with Crippen molar-refractivity contribution in [1.82, 2.24) is 21.3 Å². The maximum Gasteiger partial charge on any atom is 0.242 e. The van der Waals surface area contributed by atoms with Crippen molar-refractivity contribution in [1.29, 1.82) is 0 Å². The maximum absolute atomic E-state index is 11.9. The Hall–Kier alpha value is -1.79. The molecule has 7 nitrogen and oxygen atoms in total. The Morgan fingerprint density at radius 2 is 1.64 bits per heavy atom. The summed E-state index contributed by atoms with van der Waals surface area (Å²) in [6, 6.07) is 0. The van der Waals surface area contributed by atoms with Crippen LogP contribution in [0.1, 0.15) is 59.8 Å². The van der Waals surface area contributed by atoms with Crippen LogP contribution in [-0.2, 0) is 9.59 Å². The molecule has 1 saturated carbocycles. The van der Waals surface area contributed by atoms with Crippen LogP contribution in [0, 0.1) is 5.92 Å². The lowest BCUT2D eigenvalue weighted by Gasteiger charge is -2.20. The van der Waals surface area contributed by atoms with E-state index >= 15 is 0 Å². The van der Waals surface area contributed by atoms with Crippen molar-refractivity contribution in [3.05, 3.63) is 0 Å². The number of hydrogen-bond donors (Lipinski definition) is 4. The van der Waals surface area contributed by atoms with Gasteiger partial charge < -0.3 is 21.3 Å². The number of amides is 2. The van der Waals surface area contributed by atoms with E-state index in [1.165, 1.54) is 25.7 Å². The lowest BCUT2D eigenvalue weighted by atomic mass is 10.0. The Balaban J connectivity index is 2.26. The Bertz CT molecular complexity index is 451. The quantitative estimate of drug-likeness (QED) is 0.299. The largest absolute Gasteiger partial charge is 0.357 e. The second-order valence-corrected chi connectivity index (χ2v) is 7.62. The number of carbonyl (C=O) groups excluding carboxylic acids is 2. The second kappa shape index (κ2) is 10.9. The first-order valence-corrected chi connectivity index (χ1v) is 9.40. The van der Waals surface area contributed by atoms with E-state index in [1.54, 1.807) is 0 Å². The van der Waals surface area contributed by atoms with Crippen LogP contribution in [-0.4, -0.2) is 49.5 Å². The molecule has 0 aliphatic heterocycles. The van der Waals surface area contributed by atoms with Crippen molar-refractivity contribution < 1.29 is 9.59 Å². The molecule has 0 bridgehead atoms. The van der Waals surface area contributed by atoms with Crippen LogP contribution in [0.15, 0.2) is 4.99 Å². The van der Waals surface area contributed by atoms with Crippen molar-refractivity contribution in [2.75, 3.05) is 26.2 Å². The van der Waals surface area contributed by atoms with Crippen LogP contribution in [0.3, 0.4) is 0 Å². The van der Waals surface area contributed by atoms with Gasteiger partial charge in [-0.05, 0) is 46.5 Å². The molecule has 7 heteroatoms. The van der Waals surface area contributed by atoms with Gasteiger partial charge in [0, 0.05) is 31.6 Å². The summed E-state index contributed by atoms with van der Waals surface area (Å²) in [5.41, 5.74) is -0.262. The third kappa shape index (κ3) is 10.6. The van der Waals surface area contributed by atoms with E-state index in [-0.39, 0.29) is 23.9 Å². The molecular weight excluding hydrogens is 318 g/mol. The summed E-state index contributed by atoms with van der Waals surface area (Å²) in [5, 5.41) is 12.0. The molecule has 0 aromatic heterocycles. The Labute approximate surface area is 151 Å². The third-order valence-electron chi connectivity index (χ3n) is 3.93. The molecular formula is C18H35N5O2. The van der Waals surface area contributed by atoms with Gasteiger partial charge in [-0.25, -0.2) is 4.99 Å². The van der Waals surface area contributed by atoms with Gasteiger partial charge in [0.15, 0.2) is 5.96 Å². The monoisotopic (exact) mass is 353 g/mol. The zero-order valence-electron chi connectivity index (χ0n) is 16.2. The van der Waals surface area contributed by atoms with Crippen molar-refractivity contribution in [2.24, 2.45) is 10.9 Å². The zero-order chi connectivity index (χ0) is 18.7. The van der Waals surface area contributed by atoms with E-state index in [4.69, 9.17) is 0 Å². The second-order valence-electron chi connectivity index (χ2n) is 7.62. The van der Waals surface area contributed by atoms with Gasteiger partial charge in [-0.3, -0.25) is 9.59 Å². The van der Waals surface area contributed by atoms with Gasteiger partial charge >= 0.3 is 0 Å². The van der Waals surface area contributed by atoms with Crippen LogP contribution in [0.2, 0.25) is 0 Å². The molecule has 0 aromatic carbocycles. The highest BCUT2D eigenvalue weighted by Crippen LogP contribution is 2.27. The highest BCUT2D eigenvalue weighted by Gasteiger charge is 2.18. The van der Waals surface area contributed by atoms with Gasteiger partial charge in [-0.15, -0.1) is 0 Å². The summed E-state index contributed by atoms with van der Waals surface area (Å²) in [6.45, 7) is 9.68. The first-order valence-electron chi connectivity index (χ1n) is 9.40. The summed E-state index contributed by atoms with van der Waals surface area (Å²) < 4.78 is 0. The SMILES string of the molecule is CCNC(=NCC(=O)NC(C)(C)C)NCCNC(=O)CC1CCCC1. The Morgan fingerprint density at radius 3 is 2.24 bits per heavy atom. The molecule has 1 fully saturated rings. The summed E-state index contributed by atoms with van der Waals surface area (Å²) in [5.74, 6) is 1.15. The molecule has 0 unspecified atom stereocenters. The molecule has 2 amide bonds. The number of carbonyl (C=O) groups is 2. The Kier molecular flexibility index (Phi) is 9.31. The number of rotatable bonds is 8. The van der Waals surface area contributed by atoms with E-state index in [0.29, 0.717) is 37.9 Å². The number of hydrogen-bond acceptors (Lipinski definition) is 3. The average Bonchev–Trinajstić information content (AvgIpc) is 3.00. The van der Waals surface area contributed by atoms with E-state index in [9.17, 15) is 9.59 Å². The fraction of sp³-hybridized carbons (Fsp3) is 0.833. The van der Waals surface area contributed by atoms with E-state index in [0.717, 1.165) is 0 Å². The molecule has 25 heavy (non-hydrogen) atoms. The van der Waals surface area contributed by atoms with Crippen molar-refractivity contribution in [2.45, 2.75) is 65.3 Å². The molecule has 0 heterocycles. The molecule has 144 valence electrons. The van der Waals surface area contributed by atoms with Gasteiger partial charge in [0.2, 0.25) is 11.8 Å². The minimum Gasteiger partial charge on any atom is -0.357 e. The van der Waals surface area contributed by atoms with Gasteiger partial charge in [0.25, 0.3) is 0 Å². The van der Waals surface area contributed by atoms with Gasteiger partial charge in [0.1, 0.15) is 6.54 Å². The van der Waals surface area contributed by atoms with E-state index < -0.39 is 0 Å². The summed E-state index contributed by atoms with van der Waals surface area (Å²) in [7, 11) is 0. The smallest absolute Gasteiger partial charge is 0.242 e. The van der Waals surface area contributed by atoms with Crippen LogP contribution in [0.25, 0.3) is 0 Å². The highest BCUT2D eigenvalue weighted by molar-refractivity contribution is 5.85. The van der Waals surface area contributed by atoms with Crippen LogP contribution >= 0.6 is 0 Å². The lowest BCUT2D eigenvalue weighted by Crippen LogP contribution is -2.44. The molecule has 4 N–H and O–H groups in total. The predicted molar refractivity (Wildman–Crippen MR) is 101 cm³/mol. The first kappa shape index (κ1) is 21.3. The van der Waals surface area contributed by atoms with Gasteiger partial charge in [-0.2, -0.15) is 0 Å². The molecule has 0 aromatic rings. The number of aliphatic imine (C=N–C) groups is 1. The minimum absolute atomic E-state index is 0.0701. The summed E-state index contributed by atoms with van der Waals surface area (Å²) >= 11 is 0. The maximum atomic E-state index is 11.9.